The van der Waals surface area contributed by atoms with E-state index in [0.29, 0.717) is 30.2 Å². The maximum Gasteiger partial charge on any atom is 0.212 e. The summed E-state index contributed by atoms with van der Waals surface area (Å²) in [7, 11) is 0. The van der Waals surface area contributed by atoms with Crippen molar-refractivity contribution >= 4 is 28.4 Å². The standard InChI is InChI=1S/C23H25N7/c24-23-28-21-15(13-30(23)25)8-20(19-7-3-5-14-4-1-2-6-18(14)19)22(27-21)29-11-16-9-26-10-17(16)12-29/h1-8,16-17,26H,9-13,25H2,(H2,24,27,28). The van der Waals surface area contributed by atoms with Crippen LogP contribution in [0, 0.1) is 11.8 Å². The molecule has 30 heavy (non-hydrogen) atoms. The number of fused-ring (bicyclic) bond motifs is 3. The Balaban J connectivity index is 1.55. The number of hydrogen-bond donors (Lipinski definition) is 3. The number of nitrogens with zero attached hydrogens (tertiary/aromatic N) is 4. The van der Waals surface area contributed by atoms with Crippen molar-refractivity contribution in [3.63, 3.8) is 0 Å². The lowest BCUT2D eigenvalue weighted by molar-refractivity contribution is 0.421. The molecule has 0 spiro atoms. The van der Waals surface area contributed by atoms with E-state index in [1.165, 1.54) is 21.3 Å². The molecule has 6 rings (SSSR count). The average Bonchev–Trinajstić information content (AvgIpc) is 3.36. The quantitative estimate of drug-likeness (QED) is 0.572. The van der Waals surface area contributed by atoms with Crippen molar-refractivity contribution in [1.82, 2.24) is 15.3 Å². The molecule has 0 radical (unpaired) electrons. The Kier molecular flexibility index (Phi) is 3.94. The number of benzene rings is 2. The van der Waals surface area contributed by atoms with Crippen molar-refractivity contribution < 1.29 is 0 Å². The van der Waals surface area contributed by atoms with Gasteiger partial charge in [-0.25, -0.2) is 10.8 Å². The molecule has 2 aromatic carbocycles. The summed E-state index contributed by atoms with van der Waals surface area (Å²) >= 11 is 0. The molecule has 1 aromatic heterocycles. The van der Waals surface area contributed by atoms with E-state index in [9.17, 15) is 0 Å². The molecule has 2 atom stereocenters. The van der Waals surface area contributed by atoms with Gasteiger partial charge in [-0.15, -0.1) is 0 Å². The second-order valence-corrected chi connectivity index (χ2v) is 8.55. The molecule has 2 saturated heterocycles. The van der Waals surface area contributed by atoms with E-state index in [1.807, 2.05) is 0 Å². The minimum Gasteiger partial charge on any atom is -0.368 e. The molecule has 152 valence electrons. The highest BCUT2D eigenvalue weighted by molar-refractivity contribution is 5.99. The van der Waals surface area contributed by atoms with Gasteiger partial charge in [0.15, 0.2) is 5.82 Å². The Bertz CT molecular complexity index is 1150. The van der Waals surface area contributed by atoms with Crippen LogP contribution in [-0.4, -0.2) is 42.1 Å². The van der Waals surface area contributed by atoms with Crippen LogP contribution >= 0.6 is 0 Å². The number of rotatable bonds is 2. The zero-order chi connectivity index (χ0) is 20.2. The number of anilines is 1. The first-order chi connectivity index (χ1) is 14.7. The monoisotopic (exact) mass is 399 g/mol. The summed E-state index contributed by atoms with van der Waals surface area (Å²) in [4.78, 5) is 12.0. The Morgan fingerprint density at radius 2 is 1.73 bits per heavy atom. The van der Waals surface area contributed by atoms with Gasteiger partial charge in [-0.2, -0.15) is 4.99 Å². The molecule has 3 aliphatic heterocycles. The van der Waals surface area contributed by atoms with Crippen LogP contribution in [0.2, 0.25) is 0 Å². The number of nitrogens with one attached hydrogen (secondary N) is 1. The van der Waals surface area contributed by atoms with Crippen LogP contribution in [0.15, 0.2) is 53.5 Å². The SMILES string of the molecule is NC1=Nc2nc(N3CC4CNCC4C3)c(-c3cccc4ccccc34)cc2CN1N. The van der Waals surface area contributed by atoms with Gasteiger partial charge in [0.2, 0.25) is 5.96 Å². The van der Waals surface area contributed by atoms with Crippen LogP contribution < -0.4 is 21.8 Å². The van der Waals surface area contributed by atoms with Crippen LogP contribution in [0.5, 0.6) is 0 Å². The molecule has 0 aliphatic carbocycles. The third kappa shape index (κ3) is 2.74. The second-order valence-electron chi connectivity index (χ2n) is 8.55. The molecule has 0 amide bonds. The van der Waals surface area contributed by atoms with E-state index >= 15 is 0 Å². The van der Waals surface area contributed by atoms with E-state index < -0.39 is 0 Å². The van der Waals surface area contributed by atoms with Crippen LogP contribution in [0.25, 0.3) is 21.9 Å². The van der Waals surface area contributed by atoms with Gasteiger partial charge in [-0.1, -0.05) is 42.5 Å². The lowest BCUT2D eigenvalue weighted by Gasteiger charge is -2.27. The van der Waals surface area contributed by atoms with Crippen LogP contribution in [0.4, 0.5) is 11.6 Å². The van der Waals surface area contributed by atoms with E-state index in [0.717, 1.165) is 43.1 Å². The summed E-state index contributed by atoms with van der Waals surface area (Å²) in [6.07, 6.45) is 0. The summed E-state index contributed by atoms with van der Waals surface area (Å²) in [6, 6.07) is 17.2. The first-order valence-electron chi connectivity index (χ1n) is 10.5. The summed E-state index contributed by atoms with van der Waals surface area (Å²) in [5, 5.41) is 7.45. The molecule has 3 aliphatic rings. The number of aromatic nitrogens is 1. The second kappa shape index (κ2) is 6.68. The fourth-order valence-corrected chi connectivity index (χ4v) is 5.11. The Labute approximate surface area is 175 Å². The van der Waals surface area contributed by atoms with Gasteiger partial charge in [0.1, 0.15) is 5.82 Å². The van der Waals surface area contributed by atoms with Crippen molar-refractivity contribution in [3.05, 3.63) is 54.1 Å². The Morgan fingerprint density at radius 1 is 0.967 bits per heavy atom. The maximum atomic E-state index is 6.03. The molecule has 2 unspecified atom stereocenters. The van der Waals surface area contributed by atoms with Crippen LogP contribution in [0.1, 0.15) is 5.56 Å². The number of aliphatic imine (C=N–C) groups is 1. The highest BCUT2D eigenvalue weighted by atomic mass is 15.5. The predicted octanol–water partition coefficient (Wildman–Crippen LogP) is 2.19. The predicted molar refractivity (Wildman–Crippen MR) is 120 cm³/mol. The number of hydrazine groups is 1. The van der Waals surface area contributed by atoms with Crippen LogP contribution in [-0.2, 0) is 6.54 Å². The highest BCUT2D eigenvalue weighted by Crippen LogP contribution is 2.41. The Hall–Kier alpha value is -3.16. The van der Waals surface area contributed by atoms with Crippen molar-refractivity contribution in [2.24, 2.45) is 28.4 Å². The summed E-state index contributed by atoms with van der Waals surface area (Å²) in [6.45, 7) is 4.71. The largest absolute Gasteiger partial charge is 0.368 e. The minimum atomic E-state index is 0.307. The average molecular weight is 400 g/mol. The van der Waals surface area contributed by atoms with Gasteiger partial charge in [-0.3, -0.25) is 5.01 Å². The molecule has 2 fully saturated rings. The Morgan fingerprint density at radius 3 is 2.57 bits per heavy atom. The van der Waals surface area contributed by atoms with Crippen molar-refractivity contribution in [2.45, 2.75) is 6.54 Å². The summed E-state index contributed by atoms with van der Waals surface area (Å²) in [5.41, 5.74) is 9.32. The summed E-state index contributed by atoms with van der Waals surface area (Å²) < 4.78 is 0. The molecular formula is C23H25N7. The molecule has 3 aromatic rings. The van der Waals surface area contributed by atoms with Gasteiger partial charge in [0, 0.05) is 37.3 Å². The van der Waals surface area contributed by atoms with Crippen molar-refractivity contribution in [3.8, 4) is 11.1 Å². The number of pyridine rings is 1. The van der Waals surface area contributed by atoms with Crippen molar-refractivity contribution in [1.29, 1.82) is 0 Å². The maximum absolute atomic E-state index is 6.03. The number of guanidine groups is 1. The zero-order valence-electron chi connectivity index (χ0n) is 16.8. The molecule has 7 heteroatoms. The molecule has 4 heterocycles. The molecular weight excluding hydrogens is 374 g/mol. The van der Waals surface area contributed by atoms with Gasteiger partial charge in [0.25, 0.3) is 0 Å². The first-order valence-corrected chi connectivity index (χ1v) is 10.5. The molecule has 7 nitrogen and oxygen atoms in total. The minimum absolute atomic E-state index is 0.307. The fraction of sp³-hybridized carbons (Fsp3) is 0.304. The fourth-order valence-electron chi connectivity index (χ4n) is 5.11. The molecule has 0 saturated carbocycles. The van der Waals surface area contributed by atoms with E-state index in [1.54, 1.807) is 0 Å². The highest BCUT2D eigenvalue weighted by Gasteiger charge is 2.38. The number of hydrogen-bond acceptors (Lipinski definition) is 7. The van der Waals surface area contributed by atoms with E-state index in [-0.39, 0.29) is 0 Å². The lowest BCUT2D eigenvalue weighted by Crippen LogP contribution is -2.43. The van der Waals surface area contributed by atoms with E-state index in [2.05, 4.69) is 63.7 Å². The summed E-state index contributed by atoms with van der Waals surface area (Å²) in [5.74, 6) is 9.37. The van der Waals surface area contributed by atoms with Crippen molar-refractivity contribution in [2.75, 3.05) is 31.1 Å². The normalized spacial score (nSPS) is 22.9. The number of nitrogens with two attached hydrogens (primary N) is 2. The third-order valence-corrected chi connectivity index (χ3v) is 6.68. The topological polar surface area (TPSA) is 95.8 Å². The molecule has 5 N–H and O–H groups in total. The van der Waals surface area contributed by atoms with Gasteiger partial charge in [0.05, 0.1) is 6.54 Å². The van der Waals surface area contributed by atoms with Gasteiger partial charge < -0.3 is 16.0 Å². The lowest BCUT2D eigenvalue weighted by atomic mass is 9.97. The zero-order valence-corrected chi connectivity index (χ0v) is 16.8. The van der Waals surface area contributed by atoms with E-state index in [4.69, 9.17) is 16.6 Å². The van der Waals surface area contributed by atoms with Crippen LogP contribution in [0.3, 0.4) is 0 Å². The third-order valence-electron chi connectivity index (χ3n) is 6.68. The van der Waals surface area contributed by atoms with Gasteiger partial charge >= 0.3 is 0 Å². The smallest absolute Gasteiger partial charge is 0.212 e. The van der Waals surface area contributed by atoms with Gasteiger partial charge in [-0.05, 0) is 34.2 Å². The molecule has 0 bridgehead atoms. The first kappa shape index (κ1) is 17.7.